The Hall–Kier alpha value is -1.99. The summed E-state index contributed by atoms with van der Waals surface area (Å²) in [6, 6.07) is 0. The maximum atomic E-state index is 12.4. The fourth-order valence-electron chi connectivity index (χ4n) is 3.57. The second-order valence-electron chi connectivity index (χ2n) is 7.80. The quantitative estimate of drug-likeness (QED) is 0.444. The van der Waals surface area contributed by atoms with Gasteiger partial charge in [-0.15, -0.1) is 0 Å². The lowest BCUT2D eigenvalue weighted by atomic mass is 9.80. The summed E-state index contributed by atoms with van der Waals surface area (Å²) in [4.78, 5) is 36.7. The largest absolute Gasteiger partial charge is 0.461 e. The minimum atomic E-state index is -1.41. The molecule has 142 valence electrons. The summed E-state index contributed by atoms with van der Waals surface area (Å²) in [5.41, 5.74) is -0.865. The summed E-state index contributed by atoms with van der Waals surface area (Å²) in [6.07, 6.45) is -1.47. The molecule has 2 fully saturated rings. The number of rotatable bonds is 2. The molecule has 6 atom stereocenters. The molecule has 0 aromatic heterocycles. The van der Waals surface area contributed by atoms with Gasteiger partial charge in [0.05, 0.1) is 17.4 Å². The van der Waals surface area contributed by atoms with Crippen molar-refractivity contribution in [1.29, 1.82) is 0 Å². The molecule has 0 radical (unpaired) electrons. The van der Waals surface area contributed by atoms with Crippen LogP contribution in [0.1, 0.15) is 34.1 Å². The number of Topliss-reactive ketones (excluding diaryl/α,β-unsaturated/α-hetero) is 1. The first-order valence-corrected chi connectivity index (χ1v) is 8.73. The third kappa shape index (κ3) is 3.21. The van der Waals surface area contributed by atoms with E-state index >= 15 is 0 Å². The SMILES string of the molecule is C=C1C(=O)O[C@@H]2/C=C(/C)C(=O)C3O[C@H]3[C@](C)(O)C[C@@H](OC(=O)C(C)C)[C@@H]12. The molecule has 0 bridgehead atoms. The van der Waals surface area contributed by atoms with Crippen LogP contribution in [0.15, 0.2) is 23.8 Å². The lowest BCUT2D eigenvalue weighted by Gasteiger charge is -2.32. The maximum absolute atomic E-state index is 12.4. The standard InChI is InChI=1S/C19H24O7/c1-8(2)17(21)25-12-7-19(5,23)16-15(26-16)14(20)9(3)6-11-13(12)10(4)18(22)24-11/h6,8,11-13,15-16,23H,4,7H2,1-3,5H3/b9-6-/t11-,12-,13+,15?,16-,19-/m1/s1. The van der Waals surface area contributed by atoms with Crippen LogP contribution in [0.5, 0.6) is 0 Å². The van der Waals surface area contributed by atoms with Gasteiger partial charge in [-0.25, -0.2) is 4.79 Å². The van der Waals surface area contributed by atoms with Crippen molar-refractivity contribution in [3.63, 3.8) is 0 Å². The van der Waals surface area contributed by atoms with Gasteiger partial charge in [-0.3, -0.25) is 9.59 Å². The van der Waals surface area contributed by atoms with Crippen LogP contribution in [-0.2, 0) is 28.6 Å². The lowest BCUT2D eigenvalue weighted by Crippen LogP contribution is -2.44. The van der Waals surface area contributed by atoms with E-state index in [1.165, 1.54) is 6.92 Å². The minimum absolute atomic E-state index is 0.00359. The molecule has 3 aliphatic rings. The third-order valence-electron chi connectivity index (χ3n) is 5.18. The summed E-state index contributed by atoms with van der Waals surface area (Å²) in [5.74, 6) is -2.33. The van der Waals surface area contributed by atoms with Crippen LogP contribution in [0.2, 0.25) is 0 Å². The molecule has 0 aromatic carbocycles. The van der Waals surface area contributed by atoms with E-state index in [1.54, 1.807) is 26.8 Å². The molecule has 0 aromatic rings. The molecule has 1 unspecified atom stereocenters. The molecule has 3 rings (SSSR count). The predicted octanol–water partition coefficient (Wildman–Crippen LogP) is 1.09. The number of carbonyl (C=O) groups excluding carboxylic acids is 3. The van der Waals surface area contributed by atoms with Crippen molar-refractivity contribution >= 4 is 17.7 Å². The van der Waals surface area contributed by atoms with Crippen LogP contribution in [0, 0.1) is 11.8 Å². The van der Waals surface area contributed by atoms with Gasteiger partial charge in [-0.05, 0) is 25.5 Å². The summed E-state index contributed by atoms with van der Waals surface area (Å²) >= 11 is 0. The summed E-state index contributed by atoms with van der Waals surface area (Å²) in [7, 11) is 0. The van der Waals surface area contributed by atoms with E-state index in [1.807, 2.05) is 0 Å². The number of ether oxygens (including phenoxy) is 3. The van der Waals surface area contributed by atoms with E-state index in [2.05, 4.69) is 6.58 Å². The van der Waals surface area contributed by atoms with Crippen molar-refractivity contribution < 1.29 is 33.7 Å². The Morgan fingerprint density at radius 1 is 1.42 bits per heavy atom. The highest BCUT2D eigenvalue weighted by Gasteiger charge is 2.58. The number of epoxide rings is 1. The first-order valence-electron chi connectivity index (χ1n) is 8.73. The van der Waals surface area contributed by atoms with E-state index in [0.717, 1.165) is 0 Å². The zero-order chi connectivity index (χ0) is 19.4. The van der Waals surface area contributed by atoms with Crippen molar-refractivity contribution in [2.75, 3.05) is 0 Å². The molecule has 26 heavy (non-hydrogen) atoms. The van der Waals surface area contributed by atoms with E-state index in [9.17, 15) is 19.5 Å². The molecular formula is C19H24O7. The second kappa shape index (κ2) is 6.32. The number of hydrogen-bond donors (Lipinski definition) is 1. The van der Waals surface area contributed by atoms with E-state index in [4.69, 9.17) is 14.2 Å². The number of esters is 2. The van der Waals surface area contributed by atoms with Crippen LogP contribution in [0.25, 0.3) is 0 Å². The average molecular weight is 364 g/mol. The van der Waals surface area contributed by atoms with Crippen molar-refractivity contribution in [3.8, 4) is 0 Å². The Labute approximate surface area is 152 Å². The van der Waals surface area contributed by atoms with Crippen LogP contribution < -0.4 is 0 Å². The zero-order valence-electron chi connectivity index (χ0n) is 15.4. The highest BCUT2D eigenvalue weighted by atomic mass is 16.6. The summed E-state index contributed by atoms with van der Waals surface area (Å²) in [6.45, 7) is 10.3. The van der Waals surface area contributed by atoms with Gasteiger partial charge in [-0.1, -0.05) is 20.4 Å². The Morgan fingerprint density at radius 3 is 2.69 bits per heavy atom. The Kier molecular flexibility index (Phi) is 4.56. The number of ketones is 1. The predicted molar refractivity (Wildman–Crippen MR) is 89.9 cm³/mol. The second-order valence-corrected chi connectivity index (χ2v) is 7.80. The number of aliphatic hydroxyl groups is 1. The molecule has 2 saturated heterocycles. The molecular weight excluding hydrogens is 340 g/mol. The fourth-order valence-corrected chi connectivity index (χ4v) is 3.57. The Bertz CT molecular complexity index is 703. The first kappa shape index (κ1) is 18.8. The van der Waals surface area contributed by atoms with E-state index in [0.29, 0.717) is 5.57 Å². The Balaban J connectivity index is 2.02. The van der Waals surface area contributed by atoms with Gasteiger partial charge >= 0.3 is 11.9 Å². The minimum Gasteiger partial charge on any atom is -0.461 e. The highest BCUT2D eigenvalue weighted by molar-refractivity contribution is 6.01. The van der Waals surface area contributed by atoms with Gasteiger partial charge in [0.2, 0.25) is 0 Å². The average Bonchev–Trinajstić information content (AvgIpc) is 3.29. The molecule has 1 N–H and O–H groups in total. The molecule has 0 amide bonds. The summed E-state index contributed by atoms with van der Waals surface area (Å²) < 4.78 is 16.4. The highest BCUT2D eigenvalue weighted by Crippen LogP contribution is 2.43. The van der Waals surface area contributed by atoms with Gasteiger partial charge < -0.3 is 19.3 Å². The van der Waals surface area contributed by atoms with E-state index < -0.39 is 47.9 Å². The number of carbonyl (C=O) groups is 3. The van der Waals surface area contributed by atoms with Crippen molar-refractivity contribution in [2.24, 2.45) is 11.8 Å². The molecule has 7 heteroatoms. The number of fused-ring (bicyclic) bond motifs is 2. The van der Waals surface area contributed by atoms with Gasteiger partial charge in [-0.2, -0.15) is 0 Å². The van der Waals surface area contributed by atoms with E-state index in [-0.39, 0.29) is 23.7 Å². The maximum Gasteiger partial charge on any atom is 0.334 e. The molecule has 7 nitrogen and oxygen atoms in total. The zero-order valence-corrected chi connectivity index (χ0v) is 15.4. The normalized spacial score (nSPS) is 41.7. The Morgan fingerprint density at radius 2 is 2.08 bits per heavy atom. The van der Waals surface area contributed by atoms with Crippen LogP contribution in [0.4, 0.5) is 0 Å². The number of hydrogen-bond acceptors (Lipinski definition) is 7. The molecule has 0 saturated carbocycles. The lowest BCUT2D eigenvalue weighted by molar-refractivity contribution is -0.160. The van der Waals surface area contributed by atoms with Crippen molar-refractivity contribution in [1.82, 2.24) is 0 Å². The monoisotopic (exact) mass is 364 g/mol. The topological polar surface area (TPSA) is 102 Å². The van der Waals surface area contributed by atoms with Crippen LogP contribution in [-0.4, -0.2) is 52.8 Å². The van der Waals surface area contributed by atoms with Crippen molar-refractivity contribution in [3.05, 3.63) is 23.8 Å². The van der Waals surface area contributed by atoms with Gasteiger partial charge in [0.25, 0.3) is 0 Å². The van der Waals surface area contributed by atoms with Gasteiger partial charge in [0.1, 0.15) is 24.4 Å². The van der Waals surface area contributed by atoms with Gasteiger partial charge in [0, 0.05) is 12.0 Å². The molecule has 0 spiro atoms. The van der Waals surface area contributed by atoms with Crippen LogP contribution >= 0.6 is 0 Å². The fraction of sp³-hybridized carbons (Fsp3) is 0.632. The molecule has 2 aliphatic heterocycles. The molecule has 2 heterocycles. The summed E-state index contributed by atoms with van der Waals surface area (Å²) in [5, 5.41) is 10.9. The first-order chi connectivity index (χ1) is 12.0. The van der Waals surface area contributed by atoms with Crippen molar-refractivity contribution in [2.45, 2.75) is 64.1 Å². The third-order valence-corrected chi connectivity index (χ3v) is 5.18. The molecule has 1 aliphatic carbocycles. The van der Waals surface area contributed by atoms with Gasteiger partial charge in [0.15, 0.2) is 5.78 Å². The smallest absolute Gasteiger partial charge is 0.334 e. The van der Waals surface area contributed by atoms with Crippen LogP contribution in [0.3, 0.4) is 0 Å².